The zero-order valence-corrected chi connectivity index (χ0v) is 21.2. The molecule has 7 nitrogen and oxygen atoms in total. The second-order valence-electron chi connectivity index (χ2n) is 8.65. The summed E-state index contributed by atoms with van der Waals surface area (Å²) in [7, 11) is -0.533. The van der Waals surface area contributed by atoms with Gasteiger partial charge < -0.3 is 10.2 Å². The lowest BCUT2D eigenvalue weighted by molar-refractivity contribution is -0.121. The van der Waals surface area contributed by atoms with Crippen molar-refractivity contribution in [1.29, 1.82) is 0 Å². The Balaban J connectivity index is 0. The summed E-state index contributed by atoms with van der Waals surface area (Å²) in [5.74, 6) is 0.235. The van der Waals surface area contributed by atoms with Crippen LogP contribution in [0.2, 0.25) is 0 Å². The van der Waals surface area contributed by atoms with Gasteiger partial charge in [0.1, 0.15) is 0 Å². The average molecular weight is 467 g/mol. The Morgan fingerprint density at radius 3 is 1.42 bits per heavy atom. The standard InChI is InChI=1S/C23H48N2O.H2O4S/c1-4-5-6-7-8-9-10-11-12-13-14-15-16-17-18-20-23(26)24-21-19-22-25(2)3;1-5(2,3)4/h4-22H2,1-3H3,(H,24,26);(H2,1,2,3,4). The van der Waals surface area contributed by atoms with Crippen LogP contribution in [0.4, 0.5) is 0 Å². The van der Waals surface area contributed by atoms with Gasteiger partial charge in [-0.05, 0) is 33.5 Å². The second kappa shape index (κ2) is 24.0. The Morgan fingerprint density at radius 1 is 0.710 bits per heavy atom. The molecular formula is C23H50N2O5S. The molecule has 31 heavy (non-hydrogen) atoms. The fraction of sp³-hybridized carbons (Fsp3) is 0.957. The number of nitrogens with zero attached hydrogens (tertiary/aromatic N) is 1. The number of rotatable bonds is 20. The average Bonchev–Trinajstić information content (AvgIpc) is 2.67. The molecule has 1 amide bonds. The van der Waals surface area contributed by atoms with Gasteiger partial charge in [0.25, 0.3) is 0 Å². The van der Waals surface area contributed by atoms with Crippen LogP contribution in [0.3, 0.4) is 0 Å². The third-order valence-electron chi connectivity index (χ3n) is 5.11. The quantitative estimate of drug-likeness (QED) is 0.158. The van der Waals surface area contributed by atoms with Gasteiger partial charge in [-0.15, -0.1) is 0 Å². The van der Waals surface area contributed by atoms with Crippen molar-refractivity contribution in [3.8, 4) is 0 Å². The summed E-state index contributed by atoms with van der Waals surface area (Å²) in [6.07, 6.45) is 22.3. The highest BCUT2D eigenvalue weighted by atomic mass is 32.3. The summed E-state index contributed by atoms with van der Waals surface area (Å²) >= 11 is 0. The molecule has 0 aliphatic heterocycles. The van der Waals surface area contributed by atoms with Crippen LogP contribution >= 0.6 is 0 Å². The fourth-order valence-corrected chi connectivity index (χ4v) is 3.37. The fourth-order valence-electron chi connectivity index (χ4n) is 3.37. The van der Waals surface area contributed by atoms with Crippen molar-refractivity contribution in [2.75, 3.05) is 27.2 Å². The van der Waals surface area contributed by atoms with Crippen molar-refractivity contribution in [1.82, 2.24) is 10.2 Å². The number of nitrogens with one attached hydrogen (secondary N) is 1. The zero-order valence-electron chi connectivity index (χ0n) is 20.4. The van der Waals surface area contributed by atoms with Crippen molar-refractivity contribution >= 4 is 16.3 Å². The summed E-state index contributed by atoms with van der Waals surface area (Å²) in [6, 6.07) is 0. The first-order valence-corrected chi connectivity index (χ1v) is 13.7. The van der Waals surface area contributed by atoms with Crippen molar-refractivity contribution in [2.45, 2.75) is 116 Å². The minimum atomic E-state index is -4.67. The number of hydrogen-bond acceptors (Lipinski definition) is 4. The molecule has 0 unspecified atom stereocenters. The first kappa shape index (κ1) is 32.5. The molecule has 0 aliphatic rings. The number of unbranched alkanes of at least 4 members (excludes halogenated alkanes) is 14. The molecule has 0 atom stereocenters. The minimum absolute atomic E-state index is 0.235. The summed E-state index contributed by atoms with van der Waals surface area (Å²) < 4.78 is 31.6. The molecule has 0 saturated heterocycles. The molecule has 0 radical (unpaired) electrons. The van der Waals surface area contributed by atoms with E-state index < -0.39 is 10.4 Å². The van der Waals surface area contributed by atoms with E-state index in [9.17, 15) is 4.79 Å². The Labute approximate surface area is 192 Å². The Hall–Kier alpha value is -0.700. The Morgan fingerprint density at radius 2 is 1.06 bits per heavy atom. The molecule has 0 spiro atoms. The van der Waals surface area contributed by atoms with E-state index in [1.807, 2.05) is 0 Å². The van der Waals surface area contributed by atoms with Gasteiger partial charge >= 0.3 is 10.4 Å². The van der Waals surface area contributed by atoms with E-state index in [1.165, 1.54) is 89.9 Å². The van der Waals surface area contributed by atoms with E-state index in [2.05, 4.69) is 31.2 Å². The Bertz CT molecular complexity index is 476. The maximum absolute atomic E-state index is 11.7. The van der Waals surface area contributed by atoms with Crippen molar-refractivity contribution in [3.63, 3.8) is 0 Å². The first-order chi connectivity index (χ1) is 14.7. The predicted molar refractivity (Wildman–Crippen MR) is 130 cm³/mol. The lowest BCUT2D eigenvalue weighted by Gasteiger charge is -2.09. The molecule has 0 saturated carbocycles. The highest BCUT2D eigenvalue weighted by Gasteiger charge is 2.01. The topological polar surface area (TPSA) is 107 Å². The van der Waals surface area contributed by atoms with E-state index in [-0.39, 0.29) is 5.91 Å². The third-order valence-corrected chi connectivity index (χ3v) is 5.11. The van der Waals surface area contributed by atoms with Crippen LogP contribution in [0.25, 0.3) is 0 Å². The van der Waals surface area contributed by atoms with Crippen LogP contribution in [0.5, 0.6) is 0 Å². The molecule has 0 fully saturated rings. The molecule has 0 aromatic rings. The SMILES string of the molecule is CCCCCCCCCCCCCCCCCC(=O)NCCCN(C)C.O=S(=O)(O)O. The van der Waals surface area contributed by atoms with E-state index in [1.54, 1.807) is 0 Å². The summed E-state index contributed by atoms with van der Waals surface area (Å²) in [5, 5.41) is 3.02. The number of hydrogen-bond donors (Lipinski definition) is 3. The normalized spacial score (nSPS) is 11.3. The number of carbonyl (C=O) groups excluding carboxylic acids is 1. The molecular weight excluding hydrogens is 416 g/mol. The van der Waals surface area contributed by atoms with Crippen LogP contribution < -0.4 is 5.32 Å². The molecule has 0 heterocycles. The minimum Gasteiger partial charge on any atom is -0.356 e. The lowest BCUT2D eigenvalue weighted by atomic mass is 10.0. The van der Waals surface area contributed by atoms with Gasteiger partial charge in [-0.1, -0.05) is 96.8 Å². The third kappa shape index (κ3) is 40.2. The van der Waals surface area contributed by atoms with E-state index in [0.717, 1.165) is 25.9 Å². The smallest absolute Gasteiger partial charge is 0.356 e. The lowest BCUT2D eigenvalue weighted by Crippen LogP contribution is -2.26. The highest BCUT2D eigenvalue weighted by molar-refractivity contribution is 7.79. The zero-order chi connectivity index (χ0) is 23.8. The highest BCUT2D eigenvalue weighted by Crippen LogP contribution is 2.13. The monoisotopic (exact) mass is 466 g/mol. The van der Waals surface area contributed by atoms with Gasteiger partial charge in [-0.25, -0.2) is 0 Å². The molecule has 3 N–H and O–H groups in total. The van der Waals surface area contributed by atoms with Gasteiger partial charge in [-0.3, -0.25) is 13.9 Å². The van der Waals surface area contributed by atoms with Gasteiger partial charge in [0.15, 0.2) is 0 Å². The number of carbonyl (C=O) groups is 1. The van der Waals surface area contributed by atoms with E-state index in [4.69, 9.17) is 17.5 Å². The molecule has 188 valence electrons. The molecule has 0 bridgehead atoms. The predicted octanol–water partition coefficient (Wildman–Crippen LogP) is 5.66. The molecule has 0 aromatic carbocycles. The first-order valence-electron chi connectivity index (χ1n) is 12.3. The van der Waals surface area contributed by atoms with Gasteiger partial charge in [-0.2, -0.15) is 8.42 Å². The van der Waals surface area contributed by atoms with Crippen molar-refractivity contribution < 1.29 is 22.3 Å². The molecule has 0 aliphatic carbocycles. The summed E-state index contributed by atoms with van der Waals surface area (Å²) in [5.41, 5.74) is 0. The second-order valence-corrected chi connectivity index (χ2v) is 9.55. The van der Waals surface area contributed by atoms with Crippen molar-refractivity contribution in [3.05, 3.63) is 0 Å². The van der Waals surface area contributed by atoms with Crippen LogP contribution in [0, 0.1) is 0 Å². The maximum Gasteiger partial charge on any atom is 0.394 e. The molecule has 0 rings (SSSR count). The number of amides is 1. The van der Waals surface area contributed by atoms with Gasteiger partial charge in [0, 0.05) is 13.0 Å². The van der Waals surface area contributed by atoms with E-state index in [0.29, 0.717) is 6.42 Å². The molecule has 8 heteroatoms. The van der Waals surface area contributed by atoms with Gasteiger partial charge in [0.2, 0.25) is 5.91 Å². The van der Waals surface area contributed by atoms with Crippen molar-refractivity contribution in [2.24, 2.45) is 0 Å². The Kier molecular flexibility index (Phi) is 25.1. The maximum atomic E-state index is 11.7. The van der Waals surface area contributed by atoms with E-state index >= 15 is 0 Å². The van der Waals surface area contributed by atoms with Crippen LogP contribution in [-0.4, -0.2) is 55.5 Å². The van der Waals surface area contributed by atoms with Crippen LogP contribution in [0.1, 0.15) is 116 Å². The van der Waals surface area contributed by atoms with Crippen LogP contribution in [-0.2, 0) is 15.2 Å². The summed E-state index contributed by atoms with van der Waals surface area (Å²) in [6.45, 7) is 4.14. The molecule has 0 aromatic heterocycles. The summed E-state index contributed by atoms with van der Waals surface area (Å²) in [4.78, 5) is 13.9. The van der Waals surface area contributed by atoms with Crippen LogP contribution in [0.15, 0.2) is 0 Å². The largest absolute Gasteiger partial charge is 0.394 e. The van der Waals surface area contributed by atoms with Gasteiger partial charge in [0.05, 0.1) is 0 Å².